The number of ketones is 1. The number of piperidine rings is 1. The maximum atomic E-state index is 12.2. The molecule has 19 heavy (non-hydrogen) atoms. The predicted octanol–water partition coefficient (Wildman–Crippen LogP) is 3.53. The van der Waals surface area contributed by atoms with Crippen LogP contribution in [0.15, 0.2) is 30.3 Å². The van der Waals surface area contributed by atoms with E-state index in [2.05, 4.69) is 4.90 Å². The molecule has 0 bridgehead atoms. The molecule has 0 atom stereocenters. The largest absolute Gasteiger partial charge is 0.296 e. The number of likely N-dealkylation sites (tertiary alicyclic amines) is 1. The summed E-state index contributed by atoms with van der Waals surface area (Å²) in [7, 11) is 0. The number of nitrogens with zero attached hydrogens (tertiary/aromatic N) is 1. The Balaban J connectivity index is 1.53. The first kappa shape index (κ1) is 12.9. The zero-order chi connectivity index (χ0) is 13.1. The van der Waals surface area contributed by atoms with Crippen molar-refractivity contribution in [2.24, 2.45) is 5.41 Å². The Hall–Kier alpha value is -1.15. The Labute approximate surface area is 115 Å². The van der Waals surface area contributed by atoms with E-state index in [9.17, 15) is 4.79 Å². The first-order valence-electron chi connectivity index (χ1n) is 7.58. The van der Waals surface area contributed by atoms with Gasteiger partial charge in [-0.3, -0.25) is 9.69 Å². The maximum absolute atomic E-state index is 12.2. The van der Waals surface area contributed by atoms with Gasteiger partial charge in [0.05, 0.1) is 6.54 Å². The SMILES string of the molecule is O=C(CN1CCC2(CCCC2)CC1)c1ccccc1. The van der Waals surface area contributed by atoms with E-state index >= 15 is 0 Å². The standard InChI is InChI=1S/C17H23NO/c19-16(15-6-2-1-3-7-15)14-18-12-10-17(11-13-18)8-4-5-9-17/h1-3,6-7H,4-5,8-14H2. The Morgan fingerprint density at radius 2 is 1.63 bits per heavy atom. The van der Waals surface area contributed by atoms with E-state index in [0.717, 1.165) is 18.7 Å². The first-order chi connectivity index (χ1) is 9.27. The van der Waals surface area contributed by atoms with Crippen molar-refractivity contribution in [3.63, 3.8) is 0 Å². The molecule has 1 aromatic carbocycles. The highest BCUT2D eigenvalue weighted by Crippen LogP contribution is 2.45. The molecule has 0 N–H and O–H groups in total. The van der Waals surface area contributed by atoms with Crippen molar-refractivity contribution in [2.75, 3.05) is 19.6 Å². The van der Waals surface area contributed by atoms with Gasteiger partial charge in [0.2, 0.25) is 0 Å². The predicted molar refractivity (Wildman–Crippen MR) is 77.3 cm³/mol. The molecular formula is C17H23NO. The summed E-state index contributed by atoms with van der Waals surface area (Å²) in [6.45, 7) is 2.82. The zero-order valence-electron chi connectivity index (χ0n) is 11.6. The van der Waals surface area contributed by atoms with Crippen LogP contribution < -0.4 is 0 Å². The minimum atomic E-state index is 0.267. The van der Waals surface area contributed by atoms with Crippen LogP contribution in [-0.4, -0.2) is 30.3 Å². The number of carbonyl (C=O) groups excluding carboxylic acids is 1. The highest BCUT2D eigenvalue weighted by atomic mass is 16.1. The molecule has 2 fully saturated rings. The van der Waals surface area contributed by atoms with E-state index in [1.54, 1.807) is 0 Å². The van der Waals surface area contributed by atoms with Crippen LogP contribution in [0.4, 0.5) is 0 Å². The number of carbonyl (C=O) groups is 1. The van der Waals surface area contributed by atoms with Crippen molar-refractivity contribution in [1.82, 2.24) is 4.90 Å². The Kier molecular flexibility index (Phi) is 3.69. The van der Waals surface area contributed by atoms with Gasteiger partial charge in [0.25, 0.3) is 0 Å². The quantitative estimate of drug-likeness (QED) is 0.772. The van der Waals surface area contributed by atoms with Crippen molar-refractivity contribution in [2.45, 2.75) is 38.5 Å². The third-order valence-corrected chi connectivity index (χ3v) is 5.04. The summed E-state index contributed by atoms with van der Waals surface area (Å²) in [5.41, 5.74) is 1.50. The number of benzene rings is 1. The van der Waals surface area contributed by atoms with Crippen LogP contribution in [0.3, 0.4) is 0 Å². The Bertz CT molecular complexity index is 424. The molecule has 1 aliphatic carbocycles. The van der Waals surface area contributed by atoms with Crippen LogP contribution in [0.1, 0.15) is 48.9 Å². The zero-order valence-corrected chi connectivity index (χ0v) is 11.6. The minimum absolute atomic E-state index is 0.267. The van der Waals surface area contributed by atoms with Crippen molar-refractivity contribution < 1.29 is 4.79 Å². The number of Topliss-reactive ketones (excluding diaryl/α,β-unsaturated/α-hetero) is 1. The molecule has 0 amide bonds. The van der Waals surface area contributed by atoms with Crippen molar-refractivity contribution in [1.29, 1.82) is 0 Å². The summed E-state index contributed by atoms with van der Waals surface area (Å²) in [5.74, 6) is 0.267. The molecule has 3 rings (SSSR count). The molecule has 1 aromatic rings. The van der Waals surface area contributed by atoms with Gasteiger partial charge in [-0.25, -0.2) is 0 Å². The fourth-order valence-electron chi connectivity index (χ4n) is 3.73. The van der Waals surface area contributed by atoms with Gasteiger partial charge in [0.15, 0.2) is 5.78 Å². The second-order valence-corrected chi connectivity index (χ2v) is 6.27. The highest BCUT2D eigenvalue weighted by Gasteiger charge is 2.37. The molecular weight excluding hydrogens is 234 g/mol. The molecule has 0 unspecified atom stereocenters. The van der Waals surface area contributed by atoms with E-state index in [-0.39, 0.29) is 5.78 Å². The second kappa shape index (κ2) is 5.46. The lowest BCUT2D eigenvalue weighted by Crippen LogP contribution is -2.41. The number of rotatable bonds is 3. The van der Waals surface area contributed by atoms with E-state index in [0.29, 0.717) is 12.0 Å². The fourth-order valence-corrected chi connectivity index (χ4v) is 3.73. The minimum Gasteiger partial charge on any atom is -0.296 e. The number of hydrogen-bond donors (Lipinski definition) is 0. The smallest absolute Gasteiger partial charge is 0.176 e. The van der Waals surface area contributed by atoms with Gasteiger partial charge in [0, 0.05) is 5.56 Å². The summed E-state index contributed by atoms with van der Waals surface area (Å²) < 4.78 is 0. The molecule has 1 saturated heterocycles. The fraction of sp³-hybridized carbons (Fsp3) is 0.588. The van der Waals surface area contributed by atoms with E-state index < -0.39 is 0 Å². The van der Waals surface area contributed by atoms with Crippen molar-refractivity contribution >= 4 is 5.78 Å². The van der Waals surface area contributed by atoms with Gasteiger partial charge in [-0.05, 0) is 44.2 Å². The molecule has 0 aromatic heterocycles. The Morgan fingerprint density at radius 3 is 2.26 bits per heavy atom. The van der Waals surface area contributed by atoms with E-state index in [1.807, 2.05) is 30.3 Å². The highest BCUT2D eigenvalue weighted by molar-refractivity contribution is 5.97. The lowest BCUT2D eigenvalue weighted by Gasteiger charge is -2.39. The maximum Gasteiger partial charge on any atom is 0.176 e. The summed E-state index contributed by atoms with van der Waals surface area (Å²) in [4.78, 5) is 14.5. The molecule has 2 aliphatic rings. The topological polar surface area (TPSA) is 20.3 Å². The van der Waals surface area contributed by atoms with Crippen LogP contribution >= 0.6 is 0 Å². The first-order valence-corrected chi connectivity index (χ1v) is 7.58. The van der Waals surface area contributed by atoms with E-state index in [4.69, 9.17) is 0 Å². The molecule has 2 nitrogen and oxygen atoms in total. The molecule has 1 aliphatic heterocycles. The van der Waals surface area contributed by atoms with Gasteiger partial charge >= 0.3 is 0 Å². The Morgan fingerprint density at radius 1 is 1.00 bits per heavy atom. The summed E-state index contributed by atoms with van der Waals surface area (Å²) >= 11 is 0. The van der Waals surface area contributed by atoms with Gasteiger partial charge in [-0.2, -0.15) is 0 Å². The monoisotopic (exact) mass is 257 g/mol. The molecule has 0 radical (unpaired) electrons. The van der Waals surface area contributed by atoms with E-state index in [1.165, 1.54) is 38.5 Å². The summed E-state index contributed by atoms with van der Waals surface area (Å²) in [6.07, 6.45) is 8.29. The average Bonchev–Trinajstić information content (AvgIpc) is 2.91. The van der Waals surface area contributed by atoms with Crippen LogP contribution in [0.5, 0.6) is 0 Å². The van der Waals surface area contributed by atoms with Gasteiger partial charge < -0.3 is 0 Å². The normalized spacial score (nSPS) is 22.7. The van der Waals surface area contributed by atoms with Crippen LogP contribution in [-0.2, 0) is 0 Å². The second-order valence-electron chi connectivity index (χ2n) is 6.27. The molecule has 1 spiro atoms. The third kappa shape index (κ3) is 2.89. The van der Waals surface area contributed by atoms with Crippen molar-refractivity contribution in [3.05, 3.63) is 35.9 Å². The molecule has 1 heterocycles. The lowest BCUT2D eigenvalue weighted by molar-refractivity contribution is 0.0797. The van der Waals surface area contributed by atoms with Gasteiger partial charge in [0.1, 0.15) is 0 Å². The molecule has 2 heteroatoms. The van der Waals surface area contributed by atoms with Gasteiger partial charge in [-0.15, -0.1) is 0 Å². The lowest BCUT2D eigenvalue weighted by atomic mass is 9.77. The van der Waals surface area contributed by atoms with Crippen molar-refractivity contribution in [3.8, 4) is 0 Å². The number of hydrogen-bond acceptors (Lipinski definition) is 2. The molecule has 102 valence electrons. The van der Waals surface area contributed by atoms with Crippen LogP contribution in [0.25, 0.3) is 0 Å². The van der Waals surface area contributed by atoms with Crippen LogP contribution in [0.2, 0.25) is 0 Å². The van der Waals surface area contributed by atoms with Crippen LogP contribution in [0, 0.1) is 5.41 Å². The third-order valence-electron chi connectivity index (χ3n) is 5.04. The summed E-state index contributed by atoms with van der Waals surface area (Å²) in [5, 5.41) is 0. The van der Waals surface area contributed by atoms with Gasteiger partial charge in [-0.1, -0.05) is 43.2 Å². The summed E-state index contributed by atoms with van der Waals surface area (Å²) in [6, 6.07) is 9.69. The average molecular weight is 257 g/mol. The molecule has 1 saturated carbocycles.